The van der Waals surface area contributed by atoms with Crippen LogP contribution in [-0.2, 0) is 0 Å². The maximum atomic E-state index is 5.49. The molecule has 0 aromatic heterocycles. The molecule has 0 unspecified atom stereocenters. The monoisotopic (exact) mass is 242 g/mol. The Labute approximate surface area is 86.1 Å². The van der Waals surface area contributed by atoms with Gasteiger partial charge >= 0.3 is 0 Å². The summed E-state index contributed by atoms with van der Waals surface area (Å²) in [6.45, 7) is 0. The summed E-state index contributed by atoms with van der Waals surface area (Å²) >= 11 is 8.91. The predicted octanol–water partition coefficient (Wildman–Crippen LogP) is 3.43. The van der Waals surface area contributed by atoms with E-state index in [-0.39, 0.29) is 0 Å². The van der Waals surface area contributed by atoms with E-state index in [9.17, 15) is 0 Å². The molecule has 0 saturated carbocycles. The third kappa shape index (κ3) is 2.89. The van der Waals surface area contributed by atoms with Crippen LogP contribution in [0.4, 0.5) is 0 Å². The summed E-state index contributed by atoms with van der Waals surface area (Å²) in [5.41, 5.74) is 1.02. The third-order valence-electron chi connectivity index (χ3n) is 1.32. The highest BCUT2D eigenvalue weighted by molar-refractivity contribution is 9.10. The smallest absolute Gasteiger partial charge is 0.0387 e. The SMILES string of the molecule is ClCCC#Cc1ccccc1Br. The zero-order valence-electron chi connectivity index (χ0n) is 6.48. The molecule has 0 spiro atoms. The van der Waals surface area contributed by atoms with E-state index in [0.29, 0.717) is 5.88 Å². The molecule has 0 saturated heterocycles. The Morgan fingerprint density at radius 2 is 2.08 bits per heavy atom. The van der Waals surface area contributed by atoms with Crippen LogP contribution < -0.4 is 0 Å². The number of hydrogen-bond acceptors (Lipinski definition) is 0. The highest BCUT2D eigenvalue weighted by atomic mass is 79.9. The minimum absolute atomic E-state index is 0.595. The van der Waals surface area contributed by atoms with Crippen molar-refractivity contribution in [2.24, 2.45) is 0 Å². The summed E-state index contributed by atoms with van der Waals surface area (Å²) in [6, 6.07) is 7.89. The van der Waals surface area contributed by atoms with Crippen LogP contribution in [0.5, 0.6) is 0 Å². The van der Waals surface area contributed by atoms with Crippen molar-refractivity contribution in [3.05, 3.63) is 34.3 Å². The first-order chi connectivity index (χ1) is 5.84. The van der Waals surface area contributed by atoms with E-state index in [2.05, 4.69) is 27.8 Å². The average molecular weight is 244 g/mol. The average Bonchev–Trinajstić information content (AvgIpc) is 2.09. The van der Waals surface area contributed by atoms with Crippen LogP contribution in [0.2, 0.25) is 0 Å². The first-order valence-corrected chi connectivity index (χ1v) is 4.96. The first kappa shape index (κ1) is 9.64. The van der Waals surface area contributed by atoms with E-state index < -0.39 is 0 Å². The second kappa shape index (κ2) is 5.24. The largest absolute Gasteiger partial charge is 0.126 e. The molecule has 0 radical (unpaired) electrons. The number of hydrogen-bond donors (Lipinski definition) is 0. The van der Waals surface area contributed by atoms with E-state index in [1.54, 1.807) is 0 Å². The lowest BCUT2D eigenvalue weighted by Crippen LogP contribution is -1.75. The fraction of sp³-hybridized carbons (Fsp3) is 0.200. The lowest BCUT2D eigenvalue weighted by molar-refractivity contribution is 1.29. The molecule has 2 heteroatoms. The molecular formula is C10H8BrCl. The summed E-state index contributed by atoms with van der Waals surface area (Å²) in [5.74, 6) is 6.61. The summed E-state index contributed by atoms with van der Waals surface area (Å²) in [4.78, 5) is 0. The Kier molecular flexibility index (Phi) is 4.21. The number of rotatable bonds is 1. The first-order valence-electron chi connectivity index (χ1n) is 3.64. The number of halogens is 2. The molecule has 0 fully saturated rings. The molecule has 0 heterocycles. The van der Waals surface area contributed by atoms with E-state index in [0.717, 1.165) is 16.5 Å². The minimum atomic E-state index is 0.595. The maximum absolute atomic E-state index is 5.49. The normalized spacial score (nSPS) is 8.83. The van der Waals surface area contributed by atoms with Gasteiger partial charge in [0.1, 0.15) is 0 Å². The lowest BCUT2D eigenvalue weighted by Gasteiger charge is -1.92. The lowest BCUT2D eigenvalue weighted by atomic mass is 10.2. The quantitative estimate of drug-likeness (QED) is 0.524. The highest BCUT2D eigenvalue weighted by Gasteiger charge is 1.91. The van der Waals surface area contributed by atoms with Gasteiger partial charge in [0.25, 0.3) is 0 Å². The van der Waals surface area contributed by atoms with Gasteiger partial charge in [-0.1, -0.05) is 24.0 Å². The van der Waals surface area contributed by atoms with Crippen LogP contribution in [-0.4, -0.2) is 5.88 Å². The second-order valence-corrected chi connectivity index (χ2v) is 3.45. The van der Waals surface area contributed by atoms with Gasteiger partial charge in [-0.2, -0.15) is 0 Å². The van der Waals surface area contributed by atoms with E-state index in [1.807, 2.05) is 24.3 Å². The fourth-order valence-electron chi connectivity index (χ4n) is 0.768. The standard InChI is InChI=1S/C10H8BrCl/c11-10-7-2-1-5-9(10)6-3-4-8-12/h1-2,5,7H,4,8H2. The van der Waals surface area contributed by atoms with Crippen molar-refractivity contribution in [2.75, 3.05) is 5.88 Å². The molecule has 1 aromatic rings. The fourth-order valence-corrected chi connectivity index (χ4v) is 1.25. The van der Waals surface area contributed by atoms with Crippen LogP contribution in [0.25, 0.3) is 0 Å². The Morgan fingerprint density at radius 1 is 1.33 bits per heavy atom. The summed E-state index contributed by atoms with van der Waals surface area (Å²) in [5, 5.41) is 0. The van der Waals surface area contributed by atoms with Crippen LogP contribution in [0.15, 0.2) is 28.7 Å². The van der Waals surface area contributed by atoms with Gasteiger partial charge in [-0.05, 0) is 28.1 Å². The molecule has 0 atom stereocenters. The Morgan fingerprint density at radius 3 is 2.75 bits per heavy atom. The van der Waals surface area contributed by atoms with Gasteiger partial charge in [-0.25, -0.2) is 0 Å². The zero-order valence-corrected chi connectivity index (χ0v) is 8.82. The Bertz CT molecular complexity index is 309. The van der Waals surface area contributed by atoms with E-state index >= 15 is 0 Å². The number of benzene rings is 1. The molecule has 0 aliphatic heterocycles. The molecule has 0 aliphatic carbocycles. The maximum Gasteiger partial charge on any atom is 0.0387 e. The van der Waals surface area contributed by atoms with Crippen molar-refractivity contribution in [1.82, 2.24) is 0 Å². The Hall–Kier alpha value is -0.450. The van der Waals surface area contributed by atoms with Crippen molar-refractivity contribution >= 4 is 27.5 Å². The molecule has 12 heavy (non-hydrogen) atoms. The van der Waals surface area contributed by atoms with Gasteiger partial charge in [-0.15, -0.1) is 11.6 Å². The van der Waals surface area contributed by atoms with Gasteiger partial charge in [0.05, 0.1) is 0 Å². The van der Waals surface area contributed by atoms with Crippen molar-refractivity contribution in [3.63, 3.8) is 0 Å². The van der Waals surface area contributed by atoms with Crippen LogP contribution in [0.3, 0.4) is 0 Å². The van der Waals surface area contributed by atoms with Crippen molar-refractivity contribution in [1.29, 1.82) is 0 Å². The molecule has 0 amide bonds. The number of alkyl halides is 1. The van der Waals surface area contributed by atoms with Gasteiger partial charge in [0.15, 0.2) is 0 Å². The van der Waals surface area contributed by atoms with Gasteiger partial charge in [0.2, 0.25) is 0 Å². The van der Waals surface area contributed by atoms with Crippen LogP contribution in [0.1, 0.15) is 12.0 Å². The Balaban J connectivity index is 2.77. The summed E-state index contributed by atoms with van der Waals surface area (Å²) < 4.78 is 1.03. The highest BCUT2D eigenvalue weighted by Crippen LogP contribution is 2.13. The molecular weight excluding hydrogens is 235 g/mol. The molecule has 1 aromatic carbocycles. The van der Waals surface area contributed by atoms with Crippen LogP contribution in [0, 0.1) is 11.8 Å². The second-order valence-electron chi connectivity index (χ2n) is 2.22. The molecule has 0 aliphatic rings. The molecule has 62 valence electrons. The van der Waals surface area contributed by atoms with Crippen LogP contribution >= 0.6 is 27.5 Å². The van der Waals surface area contributed by atoms with Crippen molar-refractivity contribution in [2.45, 2.75) is 6.42 Å². The minimum Gasteiger partial charge on any atom is -0.126 e. The van der Waals surface area contributed by atoms with E-state index in [4.69, 9.17) is 11.6 Å². The van der Waals surface area contributed by atoms with Crippen molar-refractivity contribution in [3.8, 4) is 11.8 Å². The van der Waals surface area contributed by atoms with Gasteiger partial charge < -0.3 is 0 Å². The molecule has 1 rings (SSSR count). The third-order valence-corrected chi connectivity index (χ3v) is 2.20. The topological polar surface area (TPSA) is 0 Å². The van der Waals surface area contributed by atoms with Crippen molar-refractivity contribution < 1.29 is 0 Å². The van der Waals surface area contributed by atoms with E-state index in [1.165, 1.54) is 0 Å². The van der Waals surface area contributed by atoms with Gasteiger partial charge in [-0.3, -0.25) is 0 Å². The summed E-state index contributed by atoms with van der Waals surface area (Å²) in [6.07, 6.45) is 0.739. The van der Waals surface area contributed by atoms with Gasteiger partial charge in [0, 0.05) is 22.3 Å². The molecule has 0 N–H and O–H groups in total. The molecule has 0 nitrogen and oxygen atoms in total. The summed E-state index contributed by atoms with van der Waals surface area (Å²) in [7, 11) is 0. The predicted molar refractivity (Wildman–Crippen MR) is 56.4 cm³/mol. The molecule has 0 bridgehead atoms. The zero-order chi connectivity index (χ0) is 8.81.